The van der Waals surface area contributed by atoms with Gasteiger partial charge in [0.25, 0.3) is 0 Å². The summed E-state index contributed by atoms with van der Waals surface area (Å²) in [4.78, 5) is 14.6. The first kappa shape index (κ1) is 24.7. The number of halogens is 4. The fourth-order valence-corrected chi connectivity index (χ4v) is 3.29. The number of hydrogen-bond acceptors (Lipinski definition) is 4. The molecule has 0 heterocycles. The van der Waals surface area contributed by atoms with E-state index >= 15 is 0 Å². The van der Waals surface area contributed by atoms with Crippen LogP contribution in [0.25, 0.3) is 0 Å². The molecule has 0 spiro atoms. The number of carbonyl (C=O) groups is 1. The predicted octanol–water partition coefficient (Wildman–Crippen LogP) is 5.47. The quantitative estimate of drug-likeness (QED) is 0.569. The van der Waals surface area contributed by atoms with Gasteiger partial charge in [0, 0.05) is 13.6 Å². The highest BCUT2D eigenvalue weighted by Crippen LogP contribution is 2.34. The summed E-state index contributed by atoms with van der Waals surface area (Å²) in [5.74, 6) is 0.772. The molecule has 9 heteroatoms. The highest BCUT2D eigenvalue weighted by atomic mass is 35.5. The van der Waals surface area contributed by atoms with Gasteiger partial charge in [-0.15, -0.1) is 0 Å². The van der Waals surface area contributed by atoms with Gasteiger partial charge in [-0.25, -0.2) is 0 Å². The highest BCUT2D eigenvalue weighted by Gasteiger charge is 2.32. The monoisotopic (exact) mass is 458 g/mol. The van der Waals surface area contributed by atoms with Crippen molar-refractivity contribution in [3.8, 4) is 11.5 Å². The summed E-state index contributed by atoms with van der Waals surface area (Å²) < 4.78 is 49.1. The Bertz CT molecular complexity index is 919. The normalized spacial score (nSPS) is 12.5. The molecule has 0 saturated carbocycles. The molecular weight excluding hydrogens is 433 g/mol. The first-order chi connectivity index (χ1) is 14.5. The molecule has 2 aromatic carbocycles. The Labute approximate surface area is 185 Å². The number of nitrogens with zero attached hydrogens (tertiary/aromatic N) is 1. The van der Waals surface area contributed by atoms with E-state index in [-0.39, 0.29) is 22.5 Å². The van der Waals surface area contributed by atoms with E-state index in [1.165, 1.54) is 18.1 Å². The van der Waals surface area contributed by atoms with E-state index in [2.05, 4.69) is 5.32 Å². The Kier molecular flexibility index (Phi) is 8.06. The van der Waals surface area contributed by atoms with Crippen LogP contribution in [0.15, 0.2) is 36.4 Å². The van der Waals surface area contributed by atoms with Crippen molar-refractivity contribution in [2.75, 3.05) is 26.6 Å². The molecule has 0 aliphatic rings. The Hall–Kier alpha value is -2.61. The van der Waals surface area contributed by atoms with Gasteiger partial charge >= 0.3 is 6.18 Å². The summed E-state index contributed by atoms with van der Waals surface area (Å²) in [5.41, 5.74) is 0.255. The van der Waals surface area contributed by atoms with Gasteiger partial charge in [0.2, 0.25) is 5.91 Å². The molecule has 2 rings (SSSR count). The molecule has 0 fully saturated rings. The third-order valence-electron chi connectivity index (χ3n) is 4.78. The molecule has 1 atom stereocenters. The summed E-state index contributed by atoms with van der Waals surface area (Å²) in [5, 5.41) is 2.90. The SMILES string of the molecule is COc1ccc(CN(C)C(=O)[C@H](Nc2ccc(C(F)(F)F)cc2Cl)C(C)C)cc1OC. The van der Waals surface area contributed by atoms with Gasteiger partial charge in [0.05, 0.1) is 30.5 Å². The lowest BCUT2D eigenvalue weighted by atomic mass is 10.0. The van der Waals surface area contributed by atoms with Crippen molar-refractivity contribution in [3.05, 3.63) is 52.5 Å². The first-order valence-corrected chi connectivity index (χ1v) is 9.94. The minimum Gasteiger partial charge on any atom is -0.493 e. The van der Waals surface area contributed by atoms with E-state index in [9.17, 15) is 18.0 Å². The first-order valence-electron chi connectivity index (χ1n) is 9.57. The standard InChI is InChI=1S/C22H26ClF3N2O3/c1-13(2)20(27-17-8-7-15(11-16(17)23)22(24,25)26)21(29)28(3)12-14-6-9-18(30-4)19(10-14)31-5/h6-11,13,20,27H,12H2,1-5H3/t20-/m1/s1. The second-order valence-corrected chi connectivity index (χ2v) is 7.85. The number of nitrogens with one attached hydrogen (secondary N) is 1. The van der Waals surface area contributed by atoms with E-state index in [1.54, 1.807) is 26.3 Å². The smallest absolute Gasteiger partial charge is 0.416 e. The maximum absolute atomic E-state index is 13.1. The van der Waals surface area contributed by atoms with Crippen molar-refractivity contribution in [1.29, 1.82) is 0 Å². The summed E-state index contributed by atoms with van der Waals surface area (Å²) >= 11 is 6.05. The van der Waals surface area contributed by atoms with Crippen LogP contribution in [0.1, 0.15) is 25.0 Å². The van der Waals surface area contributed by atoms with Gasteiger partial charge in [-0.2, -0.15) is 13.2 Å². The van der Waals surface area contributed by atoms with Gasteiger partial charge in [0.1, 0.15) is 6.04 Å². The molecule has 170 valence electrons. The summed E-state index contributed by atoms with van der Waals surface area (Å²) in [6, 6.07) is 7.71. The third-order valence-corrected chi connectivity index (χ3v) is 5.10. The van der Waals surface area contributed by atoms with Gasteiger partial charge in [0.15, 0.2) is 11.5 Å². The van der Waals surface area contributed by atoms with Crippen molar-refractivity contribution in [2.24, 2.45) is 5.92 Å². The number of amides is 1. The lowest BCUT2D eigenvalue weighted by molar-refractivity contribution is -0.137. The van der Waals surface area contributed by atoms with Crippen LogP contribution in [-0.2, 0) is 17.5 Å². The Morgan fingerprint density at radius 3 is 2.26 bits per heavy atom. The van der Waals surface area contributed by atoms with Crippen molar-refractivity contribution in [2.45, 2.75) is 32.6 Å². The predicted molar refractivity (Wildman–Crippen MR) is 115 cm³/mol. The van der Waals surface area contributed by atoms with Gasteiger partial charge < -0.3 is 19.7 Å². The largest absolute Gasteiger partial charge is 0.493 e. The van der Waals surface area contributed by atoms with E-state index < -0.39 is 17.8 Å². The molecule has 0 aliphatic carbocycles. The van der Waals surface area contributed by atoms with Crippen LogP contribution in [0, 0.1) is 5.92 Å². The molecular formula is C22H26ClF3N2O3. The molecule has 2 aromatic rings. The number of anilines is 1. The lowest BCUT2D eigenvalue weighted by Crippen LogP contribution is -2.43. The third kappa shape index (κ3) is 6.19. The number of ether oxygens (including phenoxy) is 2. The summed E-state index contributed by atoms with van der Waals surface area (Å²) in [6.07, 6.45) is -4.49. The van der Waals surface area contributed by atoms with Crippen LogP contribution in [0.5, 0.6) is 11.5 Å². The molecule has 0 saturated heterocycles. The topological polar surface area (TPSA) is 50.8 Å². The fourth-order valence-electron chi connectivity index (χ4n) is 3.06. The van der Waals surface area contributed by atoms with Crippen LogP contribution in [-0.4, -0.2) is 38.1 Å². The molecule has 0 aliphatic heterocycles. The highest BCUT2D eigenvalue weighted by molar-refractivity contribution is 6.33. The molecule has 1 amide bonds. The average Bonchev–Trinajstić information content (AvgIpc) is 2.71. The minimum absolute atomic E-state index is 0.101. The molecule has 0 aromatic heterocycles. The van der Waals surface area contributed by atoms with Gasteiger partial charge in [-0.3, -0.25) is 4.79 Å². The number of carbonyl (C=O) groups excluding carboxylic acids is 1. The average molecular weight is 459 g/mol. The van der Waals surface area contributed by atoms with Crippen molar-refractivity contribution < 1.29 is 27.4 Å². The zero-order valence-electron chi connectivity index (χ0n) is 18.0. The van der Waals surface area contributed by atoms with E-state index in [0.717, 1.165) is 17.7 Å². The summed E-state index contributed by atoms with van der Waals surface area (Å²) in [6.45, 7) is 4.00. The minimum atomic E-state index is -4.49. The van der Waals surface area contributed by atoms with Crippen molar-refractivity contribution in [1.82, 2.24) is 4.90 Å². The second-order valence-electron chi connectivity index (χ2n) is 7.44. The Balaban J connectivity index is 2.18. The van der Waals surface area contributed by atoms with Crippen molar-refractivity contribution >= 4 is 23.2 Å². The van der Waals surface area contributed by atoms with Crippen LogP contribution in [0.4, 0.5) is 18.9 Å². The number of methoxy groups -OCH3 is 2. The van der Waals surface area contributed by atoms with E-state index in [0.29, 0.717) is 18.0 Å². The van der Waals surface area contributed by atoms with E-state index in [1.807, 2.05) is 19.9 Å². The molecule has 1 N–H and O–H groups in total. The number of rotatable bonds is 8. The maximum atomic E-state index is 13.1. The molecule has 31 heavy (non-hydrogen) atoms. The van der Waals surface area contributed by atoms with E-state index in [4.69, 9.17) is 21.1 Å². The zero-order valence-corrected chi connectivity index (χ0v) is 18.8. The number of benzene rings is 2. The molecule has 0 bridgehead atoms. The molecule has 5 nitrogen and oxygen atoms in total. The number of likely N-dealkylation sites (N-methyl/N-ethyl adjacent to an activating group) is 1. The fraction of sp³-hybridized carbons (Fsp3) is 0.409. The van der Waals surface area contributed by atoms with Gasteiger partial charge in [-0.05, 0) is 41.8 Å². The number of hydrogen-bond donors (Lipinski definition) is 1. The molecule has 0 radical (unpaired) electrons. The van der Waals surface area contributed by atoms with Gasteiger partial charge in [-0.1, -0.05) is 31.5 Å². The molecule has 0 unspecified atom stereocenters. The maximum Gasteiger partial charge on any atom is 0.416 e. The van der Waals surface area contributed by atoms with Crippen LogP contribution in [0.2, 0.25) is 5.02 Å². The second kappa shape index (κ2) is 10.1. The summed E-state index contributed by atoms with van der Waals surface area (Å²) in [7, 11) is 4.73. The van der Waals surface area contributed by atoms with Crippen LogP contribution < -0.4 is 14.8 Å². The Morgan fingerprint density at radius 1 is 1.10 bits per heavy atom. The Morgan fingerprint density at radius 2 is 1.74 bits per heavy atom. The van der Waals surface area contributed by atoms with Crippen LogP contribution in [0.3, 0.4) is 0 Å². The van der Waals surface area contributed by atoms with Crippen molar-refractivity contribution in [3.63, 3.8) is 0 Å². The number of alkyl halides is 3. The lowest BCUT2D eigenvalue weighted by Gasteiger charge is -2.28. The zero-order chi connectivity index (χ0) is 23.3. The van der Waals surface area contributed by atoms with Crippen LogP contribution >= 0.6 is 11.6 Å².